The summed E-state index contributed by atoms with van der Waals surface area (Å²) < 4.78 is 7.56. The van der Waals surface area contributed by atoms with E-state index in [4.69, 9.17) is 4.74 Å². The van der Waals surface area contributed by atoms with Crippen molar-refractivity contribution in [2.24, 2.45) is 0 Å². The standard InChI is InChI=1S/C12H17NO2/c1-9-12(10(2)14)3-6-13(9)11-4-7-15-8-5-11/h3,6,11H,4-5,7-8H2,1-2H3. The molecule has 3 heteroatoms. The number of ether oxygens (including phenoxy) is 1. The Morgan fingerprint density at radius 3 is 2.67 bits per heavy atom. The van der Waals surface area contributed by atoms with E-state index in [1.807, 2.05) is 19.2 Å². The van der Waals surface area contributed by atoms with Crippen LogP contribution in [0.5, 0.6) is 0 Å². The van der Waals surface area contributed by atoms with Gasteiger partial charge in [-0.15, -0.1) is 0 Å². The van der Waals surface area contributed by atoms with E-state index in [9.17, 15) is 4.79 Å². The van der Waals surface area contributed by atoms with Crippen molar-refractivity contribution in [1.29, 1.82) is 0 Å². The molecule has 0 atom stereocenters. The molecule has 0 bridgehead atoms. The lowest BCUT2D eigenvalue weighted by Gasteiger charge is -2.25. The van der Waals surface area contributed by atoms with Gasteiger partial charge in [-0.25, -0.2) is 0 Å². The Labute approximate surface area is 90.0 Å². The Kier molecular flexibility index (Phi) is 2.91. The van der Waals surface area contributed by atoms with Crippen LogP contribution >= 0.6 is 0 Å². The first-order valence-corrected chi connectivity index (χ1v) is 5.46. The van der Waals surface area contributed by atoms with Gasteiger partial charge in [0.1, 0.15) is 0 Å². The molecule has 0 spiro atoms. The lowest BCUT2D eigenvalue weighted by atomic mass is 10.1. The molecule has 1 saturated heterocycles. The van der Waals surface area contributed by atoms with Gasteiger partial charge < -0.3 is 9.30 Å². The Bertz CT molecular complexity index is 362. The molecule has 1 aliphatic rings. The molecular weight excluding hydrogens is 190 g/mol. The Balaban J connectivity index is 2.24. The van der Waals surface area contributed by atoms with Gasteiger partial charge in [-0.2, -0.15) is 0 Å². The highest BCUT2D eigenvalue weighted by molar-refractivity contribution is 5.95. The fourth-order valence-electron chi connectivity index (χ4n) is 2.26. The summed E-state index contributed by atoms with van der Waals surface area (Å²) >= 11 is 0. The van der Waals surface area contributed by atoms with Crippen molar-refractivity contribution in [3.63, 3.8) is 0 Å². The topological polar surface area (TPSA) is 31.2 Å². The molecule has 1 aromatic heterocycles. The number of carbonyl (C=O) groups excluding carboxylic acids is 1. The number of hydrogen-bond acceptors (Lipinski definition) is 2. The zero-order chi connectivity index (χ0) is 10.8. The Morgan fingerprint density at radius 2 is 2.13 bits per heavy atom. The molecule has 0 unspecified atom stereocenters. The summed E-state index contributed by atoms with van der Waals surface area (Å²) in [7, 11) is 0. The predicted molar refractivity (Wildman–Crippen MR) is 58.3 cm³/mol. The van der Waals surface area contributed by atoms with Crippen LogP contribution in [0.1, 0.15) is 41.9 Å². The first-order chi connectivity index (χ1) is 7.20. The van der Waals surface area contributed by atoms with E-state index in [0.29, 0.717) is 6.04 Å². The summed E-state index contributed by atoms with van der Waals surface area (Å²) in [6.07, 6.45) is 4.13. The lowest BCUT2D eigenvalue weighted by molar-refractivity contribution is 0.0691. The van der Waals surface area contributed by atoms with Crippen molar-refractivity contribution in [3.8, 4) is 0 Å². The van der Waals surface area contributed by atoms with Gasteiger partial charge in [-0.05, 0) is 32.8 Å². The third-order valence-corrected chi connectivity index (χ3v) is 3.14. The van der Waals surface area contributed by atoms with Gasteiger partial charge in [0.15, 0.2) is 5.78 Å². The van der Waals surface area contributed by atoms with E-state index in [1.165, 1.54) is 0 Å². The van der Waals surface area contributed by atoms with Gasteiger partial charge in [-0.3, -0.25) is 4.79 Å². The van der Waals surface area contributed by atoms with Gasteiger partial charge >= 0.3 is 0 Å². The molecule has 1 aromatic rings. The van der Waals surface area contributed by atoms with Crippen LogP contribution in [0.2, 0.25) is 0 Å². The van der Waals surface area contributed by atoms with Crippen molar-refractivity contribution in [1.82, 2.24) is 4.57 Å². The minimum absolute atomic E-state index is 0.151. The summed E-state index contributed by atoms with van der Waals surface area (Å²) in [4.78, 5) is 11.3. The second-order valence-electron chi connectivity index (χ2n) is 4.12. The monoisotopic (exact) mass is 207 g/mol. The van der Waals surface area contributed by atoms with Crippen molar-refractivity contribution in [3.05, 3.63) is 23.5 Å². The summed E-state index contributed by atoms with van der Waals surface area (Å²) in [5.74, 6) is 0.151. The average Bonchev–Trinajstić information content (AvgIpc) is 2.61. The smallest absolute Gasteiger partial charge is 0.161 e. The van der Waals surface area contributed by atoms with Crippen LogP contribution < -0.4 is 0 Å². The van der Waals surface area contributed by atoms with Gasteiger partial charge in [0.25, 0.3) is 0 Å². The molecule has 3 nitrogen and oxygen atoms in total. The molecule has 2 rings (SSSR count). The van der Waals surface area contributed by atoms with E-state index >= 15 is 0 Å². The molecule has 2 heterocycles. The van der Waals surface area contributed by atoms with E-state index in [1.54, 1.807) is 6.92 Å². The van der Waals surface area contributed by atoms with Gasteiger partial charge in [0.05, 0.1) is 0 Å². The number of ketones is 1. The number of Topliss-reactive ketones (excluding diaryl/α,β-unsaturated/α-hetero) is 1. The molecule has 0 saturated carbocycles. The zero-order valence-electron chi connectivity index (χ0n) is 9.32. The summed E-state index contributed by atoms with van der Waals surface area (Å²) in [5, 5.41) is 0. The minimum atomic E-state index is 0.151. The minimum Gasteiger partial charge on any atom is -0.381 e. The summed E-state index contributed by atoms with van der Waals surface area (Å²) in [5.41, 5.74) is 1.94. The molecular formula is C12H17NO2. The zero-order valence-corrected chi connectivity index (χ0v) is 9.32. The summed E-state index contributed by atoms with van der Waals surface area (Å²) in [6.45, 7) is 5.30. The highest BCUT2D eigenvalue weighted by atomic mass is 16.5. The lowest BCUT2D eigenvalue weighted by Crippen LogP contribution is -2.20. The fourth-order valence-corrected chi connectivity index (χ4v) is 2.26. The second-order valence-corrected chi connectivity index (χ2v) is 4.12. The predicted octanol–water partition coefficient (Wildman–Crippen LogP) is 2.35. The van der Waals surface area contributed by atoms with Gasteiger partial charge in [-0.1, -0.05) is 0 Å². The van der Waals surface area contributed by atoms with Crippen LogP contribution in [-0.2, 0) is 4.74 Å². The van der Waals surface area contributed by atoms with Crippen LogP contribution in [0.15, 0.2) is 12.3 Å². The largest absolute Gasteiger partial charge is 0.381 e. The van der Waals surface area contributed by atoms with Gasteiger partial charge in [0.2, 0.25) is 0 Å². The molecule has 0 aliphatic carbocycles. The van der Waals surface area contributed by atoms with Crippen LogP contribution in [0.4, 0.5) is 0 Å². The highest BCUT2D eigenvalue weighted by Crippen LogP contribution is 2.24. The van der Waals surface area contributed by atoms with Gasteiger partial charge in [0, 0.05) is 36.7 Å². The molecule has 0 amide bonds. The molecule has 0 aromatic carbocycles. The average molecular weight is 207 g/mol. The molecule has 15 heavy (non-hydrogen) atoms. The van der Waals surface area contributed by atoms with Crippen LogP contribution in [0.25, 0.3) is 0 Å². The maximum absolute atomic E-state index is 11.3. The number of carbonyl (C=O) groups is 1. The van der Waals surface area contributed by atoms with Crippen molar-refractivity contribution in [2.45, 2.75) is 32.7 Å². The number of aromatic nitrogens is 1. The van der Waals surface area contributed by atoms with Crippen molar-refractivity contribution in [2.75, 3.05) is 13.2 Å². The van der Waals surface area contributed by atoms with E-state index in [0.717, 1.165) is 37.3 Å². The Morgan fingerprint density at radius 1 is 1.47 bits per heavy atom. The third-order valence-electron chi connectivity index (χ3n) is 3.14. The Hall–Kier alpha value is -1.09. The first kappa shape index (κ1) is 10.4. The highest BCUT2D eigenvalue weighted by Gasteiger charge is 2.18. The normalized spacial score (nSPS) is 18.0. The van der Waals surface area contributed by atoms with Crippen molar-refractivity contribution < 1.29 is 9.53 Å². The molecule has 0 N–H and O–H groups in total. The van der Waals surface area contributed by atoms with Crippen molar-refractivity contribution >= 4 is 5.78 Å². The molecule has 82 valence electrons. The second kappa shape index (κ2) is 4.19. The first-order valence-electron chi connectivity index (χ1n) is 5.46. The van der Waals surface area contributed by atoms with E-state index in [2.05, 4.69) is 4.57 Å². The van der Waals surface area contributed by atoms with E-state index in [-0.39, 0.29) is 5.78 Å². The van der Waals surface area contributed by atoms with Crippen LogP contribution in [0.3, 0.4) is 0 Å². The third kappa shape index (κ3) is 1.97. The number of hydrogen-bond donors (Lipinski definition) is 0. The molecule has 0 radical (unpaired) electrons. The SMILES string of the molecule is CC(=O)c1ccn(C2CCOCC2)c1C. The van der Waals surface area contributed by atoms with Crippen LogP contribution in [0, 0.1) is 6.92 Å². The maximum Gasteiger partial charge on any atom is 0.161 e. The number of rotatable bonds is 2. The molecule has 1 fully saturated rings. The van der Waals surface area contributed by atoms with E-state index < -0.39 is 0 Å². The quantitative estimate of drug-likeness (QED) is 0.697. The fraction of sp³-hybridized carbons (Fsp3) is 0.583. The van der Waals surface area contributed by atoms with Crippen LogP contribution in [-0.4, -0.2) is 23.6 Å². The maximum atomic E-state index is 11.3. The summed E-state index contributed by atoms with van der Waals surface area (Å²) in [6, 6.07) is 2.43. The molecule has 1 aliphatic heterocycles. The number of nitrogens with zero attached hydrogens (tertiary/aromatic N) is 1.